The van der Waals surface area contributed by atoms with E-state index in [1.54, 1.807) is 176 Å². The van der Waals surface area contributed by atoms with E-state index in [0.29, 0.717) is 68.6 Å². The molecule has 0 unspecified atom stereocenters. The minimum absolute atomic E-state index is 0.115. The van der Waals surface area contributed by atoms with Crippen molar-refractivity contribution in [1.29, 1.82) is 0 Å². The monoisotopic (exact) mass is 1640 g/mol. The first-order valence-electron chi connectivity index (χ1n) is 35.5. The maximum atomic E-state index is 12.4. The van der Waals surface area contributed by atoms with E-state index in [-0.39, 0.29) is 29.1 Å². The molecule has 0 bridgehead atoms. The molecule has 6 aromatic carbocycles. The number of allylic oxidation sites excluding steroid dienone is 1. The second-order valence-corrected chi connectivity index (χ2v) is 25.5. The Labute approximate surface area is 678 Å². The summed E-state index contributed by atoms with van der Waals surface area (Å²) in [6.07, 6.45) is 58.1. The number of halogens is 1. The van der Waals surface area contributed by atoms with Gasteiger partial charge in [-0.25, -0.2) is 52.3 Å². The Bertz CT molecular complexity index is 5770. The maximum absolute atomic E-state index is 12.4. The molecule has 8 heterocycles. The summed E-state index contributed by atoms with van der Waals surface area (Å²) in [4.78, 5) is 77.8. The number of ether oxygens (including phenoxy) is 3. The molecule has 25 nitrogen and oxygen atoms in total. The number of carbonyl (C=O) groups excluding carboxylic acids is 5. The van der Waals surface area contributed by atoms with Gasteiger partial charge in [0.05, 0.1) is 118 Å². The molecule has 14 rings (SSSR count). The molecule has 0 atom stereocenters. The Morgan fingerprint density at radius 2 is 0.783 bits per heavy atom. The third-order valence-electron chi connectivity index (χ3n) is 16.9. The quantitative estimate of drug-likeness (QED) is 0.0165. The average molecular weight is 1640 g/mol. The molecule has 0 fully saturated rings. The summed E-state index contributed by atoms with van der Waals surface area (Å²) in [6, 6.07) is 42.0. The molecule has 1 aliphatic heterocycles. The third kappa shape index (κ3) is 23.7. The number of terminal acetylenes is 4. The molecule has 7 aromatic heterocycles. The van der Waals surface area contributed by atoms with Gasteiger partial charge in [0.2, 0.25) is 0 Å². The number of hydrogen-bond donors (Lipinski definition) is 1. The van der Waals surface area contributed by atoms with Crippen LogP contribution in [0.15, 0.2) is 255 Å². The second-order valence-electron chi connectivity index (χ2n) is 24.3. The first kappa shape index (κ1) is 84.0. The summed E-state index contributed by atoms with van der Waals surface area (Å²) < 4.78 is 27.1. The van der Waals surface area contributed by atoms with Crippen molar-refractivity contribution in [3.8, 4) is 95.3 Å². The van der Waals surface area contributed by atoms with Crippen LogP contribution in [-0.2, 0) is 20.8 Å². The standard InChI is InChI=1S/C20H19N3O.C19H18N4O.C14H12N2O2.C13H10N2O2.C12H8N2O2.C11H9IN2O2/c1-2-17-14-18(8-9-19(17)23-13-5-11-22-23)20(24)7-4-3-6-16-10-12-21-15-16;1-2-16-14-17(7-8-18(16)23-12-5-9-21-23)19(24)6-3-4-11-22-13-10-20-15-22;1-3-5-11-10-12(14(17)18-2)6-7-13(11)16-9-4-8-15-16;1-3-10-9-11(13(16)17-2)5-6-12(10)15-8-4-7-14-15;1-2-9-8-10(12(15)16)4-5-11(9)14-7-3-6-13-14;1-16-11(15)8-3-4-10(9(12)7-8)14-6-2-5-13-14/h1,5,8-11,13-15H,3-4,6-7,12H2;1,5,7-10,12-15H,3-4,6,11H2;4,6-10H,1-2H3;1,4-9H,2H3;1,3-8H,(H,15,16);2-7H,1H3. The SMILES string of the molecule is C#Cc1cc(C(=O)CCCCC2=CCN=C2)ccc1-n1cccn1.C#Cc1cc(C(=O)CCCCn2ccnc2)ccc1-n1cccn1.C#Cc1cc(C(=O)O)ccc1-n1cccn1.C#Cc1cc(C(=O)OC)ccc1-n1cccn1.CC#Cc1cc(C(=O)OC)ccc1-n1cccn1.COC(=O)c1ccc(-n2cccn2)c(I)c1. The highest BCUT2D eigenvalue weighted by atomic mass is 127. The molecule has 0 radical (unpaired) electrons. The lowest BCUT2D eigenvalue weighted by atomic mass is 10.0. The predicted octanol–water partition coefficient (Wildman–Crippen LogP) is 14.2. The zero-order valence-corrected chi connectivity index (χ0v) is 65.2. The largest absolute Gasteiger partial charge is 0.478 e. The Balaban J connectivity index is 0.000000159. The van der Waals surface area contributed by atoms with Crippen LogP contribution in [0.1, 0.15) is 142 Å². The molecule has 0 saturated carbocycles. The van der Waals surface area contributed by atoms with Gasteiger partial charge < -0.3 is 23.9 Å². The molecule has 1 aliphatic rings. The number of carbonyl (C=O) groups is 6. The number of esters is 3. The number of Topliss-reactive ketones (excluding diaryl/α,β-unsaturated/α-hetero) is 2. The number of imidazole rings is 1. The van der Waals surface area contributed by atoms with Crippen LogP contribution in [0, 0.1) is 64.8 Å². The summed E-state index contributed by atoms with van der Waals surface area (Å²) in [5.41, 5.74) is 12.2. The van der Waals surface area contributed by atoms with E-state index < -0.39 is 11.9 Å². The molecular formula is C89H76IN15O10. The number of aliphatic imine (C=N–C) groups is 1. The molecule has 574 valence electrons. The molecule has 26 heteroatoms. The molecule has 13 aromatic rings. The van der Waals surface area contributed by atoms with E-state index in [9.17, 15) is 28.8 Å². The fraction of sp³-hybridized carbons (Fsp3) is 0.146. The minimum Gasteiger partial charge on any atom is -0.478 e. The van der Waals surface area contributed by atoms with Gasteiger partial charge in [-0.2, -0.15) is 30.6 Å². The Hall–Kier alpha value is -15.1. The smallest absolute Gasteiger partial charge is 0.337 e. The lowest BCUT2D eigenvalue weighted by molar-refractivity contribution is 0.0592. The van der Waals surface area contributed by atoms with E-state index in [2.05, 4.69) is 114 Å². The summed E-state index contributed by atoms with van der Waals surface area (Å²) in [6.45, 7) is 3.42. The summed E-state index contributed by atoms with van der Waals surface area (Å²) in [5.74, 6) is 14.2. The van der Waals surface area contributed by atoms with Gasteiger partial charge >= 0.3 is 23.9 Å². The van der Waals surface area contributed by atoms with Crippen molar-refractivity contribution in [3.63, 3.8) is 0 Å². The van der Waals surface area contributed by atoms with Crippen LogP contribution in [0.5, 0.6) is 0 Å². The first-order chi connectivity index (χ1) is 56.0. The van der Waals surface area contributed by atoms with Gasteiger partial charge in [0.1, 0.15) is 0 Å². The van der Waals surface area contributed by atoms with Gasteiger partial charge in [0.15, 0.2) is 11.6 Å². The molecule has 1 N–H and O–H groups in total. The zero-order valence-electron chi connectivity index (χ0n) is 63.1. The Morgan fingerprint density at radius 1 is 0.435 bits per heavy atom. The summed E-state index contributed by atoms with van der Waals surface area (Å²) in [5, 5.41) is 33.6. The van der Waals surface area contributed by atoms with Crippen LogP contribution >= 0.6 is 22.6 Å². The number of nitrogens with zero attached hydrogens (tertiary/aromatic N) is 15. The number of carboxylic acid groups (broad SMARTS) is 1. The summed E-state index contributed by atoms with van der Waals surface area (Å²) >= 11 is 2.17. The molecule has 115 heavy (non-hydrogen) atoms. The summed E-state index contributed by atoms with van der Waals surface area (Å²) in [7, 11) is 4.06. The van der Waals surface area contributed by atoms with E-state index in [0.717, 1.165) is 82.8 Å². The predicted molar refractivity (Wildman–Crippen MR) is 444 cm³/mol. The first-order valence-corrected chi connectivity index (χ1v) is 36.6. The van der Waals surface area contributed by atoms with Crippen LogP contribution < -0.4 is 0 Å². The van der Waals surface area contributed by atoms with Crippen molar-refractivity contribution >= 4 is 64.2 Å². The van der Waals surface area contributed by atoms with Crippen molar-refractivity contribution in [2.75, 3.05) is 27.9 Å². The van der Waals surface area contributed by atoms with Crippen LogP contribution in [0.3, 0.4) is 0 Å². The fourth-order valence-electron chi connectivity index (χ4n) is 11.2. The fourth-order valence-corrected chi connectivity index (χ4v) is 12.0. The van der Waals surface area contributed by atoms with E-state index >= 15 is 0 Å². The van der Waals surface area contributed by atoms with Crippen LogP contribution in [0.25, 0.3) is 34.1 Å². The second kappa shape index (κ2) is 43.4. The Morgan fingerprint density at radius 3 is 1.12 bits per heavy atom. The van der Waals surface area contributed by atoms with Crippen LogP contribution in [0.2, 0.25) is 0 Å². The number of aryl methyl sites for hydroxylation is 1. The lowest BCUT2D eigenvalue weighted by Crippen LogP contribution is -2.04. The number of unbranched alkanes of at least 4 members (excludes halogenated alkanes) is 2. The highest BCUT2D eigenvalue weighted by Gasteiger charge is 2.17. The molecule has 0 amide bonds. The van der Waals surface area contributed by atoms with E-state index in [1.165, 1.54) is 39.0 Å². The van der Waals surface area contributed by atoms with Crippen molar-refractivity contribution in [1.82, 2.24) is 68.2 Å². The van der Waals surface area contributed by atoms with E-state index in [1.807, 2.05) is 96.4 Å². The molecule has 0 saturated heterocycles. The van der Waals surface area contributed by atoms with Crippen molar-refractivity contribution in [3.05, 3.63) is 315 Å². The highest BCUT2D eigenvalue weighted by Crippen LogP contribution is 2.24. The maximum Gasteiger partial charge on any atom is 0.337 e. The lowest BCUT2D eigenvalue weighted by Gasteiger charge is -2.08. The number of methoxy groups -OCH3 is 3. The topological polar surface area (TPSA) is 287 Å². The van der Waals surface area contributed by atoms with Gasteiger partial charge in [-0.05, 0) is 213 Å². The normalized spacial score (nSPS) is 10.5. The van der Waals surface area contributed by atoms with Gasteiger partial charge in [-0.1, -0.05) is 35.7 Å². The number of ketones is 2. The van der Waals surface area contributed by atoms with Crippen molar-refractivity contribution in [2.45, 2.75) is 58.4 Å². The highest BCUT2D eigenvalue weighted by molar-refractivity contribution is 14.1. The Kier molecular flexibility index (Phi) is 31.7. The van der Waals surface area contributed by atoms with Crippen LogP contribution in [-0.4, -0.2) is 143 Å². The molecule has 0 spiro atoms. The van der Waals surface area contributed by atoms with Gasteiger partial charge in [-0.15, -0.1) is 31.6 Å². The number of benzene rings is 6. The van der Waals surface area contributed by atoms with Crippen molar-refractivity contribution in [2.24, 2.45) is 4.99 Å². The number of rotatable bonds is 22. The number of hydrogen-bond acceptors (Lipinski definition) is 17. The molecular weight excluding hydrogens is 1570 g/mol. The molecule has 0 aliphatic carbocycles. The van der Waals surface area contributed by atoms with Crippen molar-refractivity contribution < 1.29 is 48.1 Å². The number of aromatic nitrogens is 14. The average Bonchev–Trinajstić information content (AvgIpc) is 1.79. The third-order valence-corrected chi connectivity index (χ3v) is 17.8. The number of carboxylic acids is 1. The van der Waals surface area contributed by atoms with Gasteiger partial charge in [0, 0.05) is 127 Å². The van der Waals surface area contributed by atoms with E-state index in [4.69, 9.17) is 35.5 Å². The number of aromatic carboxylic acids is 1. The van der Waals surface area contributed by atoms with Gasteiger partial charge in [0.25, 0.3) is 0 Å². The van der Waals surface area contributed by atoms with Gasteiger partial charge in [-0.3, -0.25) is 14.6 Å². The van der Waals surface area contributed by atoms with Crippen LogP contribution in [0.4, 0.5) is 0 Å². The zero-order chi connectivity index (χ0) is 81.9. The minimum atomic E-state index is -0.997.